The second kappa shape index (κ2) is 9.39. The van der Waals surface area contributed by atoms with Gasteiger partial charge < -0.3 is 15.4 Å². The zero-order valence-corrected chi connectivity index (χ0v) is 14.0. The number of unbranched alkanes of at least 4 members (excludes halogenated alkanes) is 2. The van der Waals surface area contributed by atoms with Gasteiger partial charge in [-0.1, -0.05) is 28.4 Å². The van der Waals surface area contributed by atoms with E-state index in [0.29, 0.717) is 13.0 Å². The number of nitrogens with one attached hydrogen (secondary N) is 2. The number of amides is 2. The normalized spacial score (nSPS) is 10.0. The largest absolute Gasteiger partial charge is 0.469 e. The summed E-state index contributed by atoms with van der Waals surface area (Å²) in [5, 5.41) is 5.61. The first kappa shape index (κ1) is 17.5. The molecule has 0 atom stereocenters. The van der Waals surface area contributed by atoms with Crippen molar-refractivity contribution >= 4 is 33.6 Å². The molecule has 0 radical (unpaired) electrons. The van der Waals surface area contributed by atoms with Crippen molar-refractivity contribution in [3.8, 4) is 0 Å². The Bertz CT molecular complexity index is 492. The Balaban J connectivity index is 2.20. The minimum Gasteiger partial charge on any atom is -0.469 e. The Morgan fingerprint density at radius 2 is 2.00 bits per heavy atom. The fourth-order valence-electron chi connectivity index (χ4n) is 1.77. The predicted molar refractivity (Wildman–Crippen MR) is 86.4 cm³/mol. The molecule has 1 aromatic carbocycles. The Labute approximate surface area is 133 Å². The number of benzene rings is 1. The fourth-order valence-corrected chi connectivity index (χ4v) is 2.13. The van der Waals surface area contributed by atoms with Gasteiger partial charge in [0.2, 0.25) is 0 Å². The predicted octanol–water partition coefficient (Wildman–Crippen LogP) is 3.61. The molecule has 21 heavy (non-hydrogen) atoms. The summed E-state index contributed by atoms with van der Waals surface area (Å²) in [6.45, 7) is 2.52. The molecule has 0 aromatic heterocycles. The van der Waals surface area contributed by atoms with E-state index in [2.05, 4.69) is 31.3 Å². The van der Waals surface area contributed by atoms with Crippen molar-refractivity contribution in [2.24, 2.45) is 0 Å². The fraction of sp³-hybridized carbons (Fsp3) is 0.467. The molecule has 1 aromatic rings. The molecule has 0 heterocycles. The molecule has 0 saturated heterocycles. The van der Waals surface area contributed by atoms with Crippen LogP contribution in [0.15, 0.2) is 22.7 Å². The Kier molecular flexibility index (Phi) is 7.82. The van der Waals surface area contributed by atoms with Crippen LogP contribution in [0.5, 0.6) is 0 Å². The van der Waals surface area contributed by atoms with Crippen LogP contribution in [-0.2, 0) is 9.53 Å². The molecule has 0 fully saturated rings. The van der Waals surface area contributed by atoms with Crippen LogP contribution < -0.4 is 10.6 Å². The van der Waals surface area contributed by atoms with Crippen LogP contribution in [0.4, 0.5) is 10.5 Å². The molecule has 2 N–H and O–H groups in total. The minimum atomic E-state index is -0.218. The number of esters is 1. The Hall–Kier alpha value is -1.56. The van der Waals surface area contributed by atoms with E-state index >= 15 is 0 Å². The zero-order valence-electron chi connectivity index (χ0n) is 12.4. The van der Waals surface area contributed by atoms with Crippen LogP contribution in [0.25, 0.3) is 0 Å². The van der Waals surface area contributed by atoms with E-state index in [9.17, 15) is 9.59 Å². The van der Waals surface area contributed by atoms with E-state index in [-0.39, 0.29) is 12.0 Å². The molecule has 0 bridgehead atoms. The highest BCUT2D eigenvalue weighted by Gasteiger charge is 2.04. The molecule has 1 rings (SSSR count). The Morgan fingerprint density at radius 1 is 1.24 bits per heavy atom. The van der Waals surface area contributed by atoms with Gasteiger partial charge in [0, 0.05) is 23.1 Å². The third kappa shape index (κ3) is 7.13. The summed E-state index contributed by atoms with van der Waals surface area (Å²) >= 11 is 3.38. The lowest BCUT2D eigenvalue weighted by Gasteiger charge is -2.10. The van der Waals surface area contributed by atoms with Gasteiger partial charge in [-0.3, -0.25) is 4.79 Å². The second-order valence-corrected chi connectivity index (χ2v) is 5.64. The number of ether oxygens (including phenoxy) is 1. The monoisotopic (exact) mass is 356 g/mol. The number of carbonyl (C=O) groups is 2. The standard InChI is InChI=1S/C15H21BrN2O3/c1-11-7-8-12(16)10-13(11)18-15(20)17-9-5-3-4-6-14(19)21-2/h7-8,10H,3-6,9H2,1-2H3,(H2,17,18,20). The van der Waals surface area contributed by atoms with Crippen LogP contribution in [0.1, 0.15) is 31.2 Å². The van der Waals surface area contributed by atoms with E-state index < -0.39 is 0 Å². The average molecular weight is 357 g/mol. The topological polar surface area (TPSA) is 67.4 Å². The van der Waals surface area contributed by atoms with Crippen molar-refractivity contribution in [1.29, 1.82) is 0 Å². The van der Waals surface area contributed by atoms with Crippen LogP contribution in [-0.4, -0.2) is 25.7 Å². The first-order valence-electron chi connectivity index (χ1n) is 6.90. The lowest BCUT2D eigenvalue weighted by Crippen LogP contribution is -2.29. The van der Waals surface area contributed by atoms with Gasteiger partial charge in [0.05, 0.1) is 7.11 Å². The minimum absolute atomic E-state index is 0.189. The van der Waals surface area contributed by atoms with Crippen LogP contribution in [0, 0.1) is 6.92 Å². The molecule has 5 nitrogen and oxygen atoms in total. The lowest BCUT2D eigenvalue weighted by molar-refractivity contribution is -0.140. The number of aryl methyl sites for hydroxylation is 1. The SMILES string of the molecule is COC(=O)CCCCCNC(=O)Nc1cc(Br)ccc1C. The molecule has 0 unspecified atom stereocenters. The molecule has 0 aliphatic heterocycles. The van der Waals surface area contributed by atoms with Gasteiger partial charge in [0.25, 0.3) is 0 Å². The van der Waals surface area contributed by atoms with Crippen molar-refractivity contribution in [1.82, 2.24) is 5.32 Å². The number of halogens is 1. The smallest absolute Gasteiger partial charge is 0.319 e. The molecule has 0 saturated carbocycles. The van der Waals surface area contributed by atoms with Crippen molar-refractivity contribution in [3.05, 3.63) is 28.2 Å². The number of anilines is 1. The van der Waals surface area contributed by atoms with E-state index in [1.54, 1.807) is 0 Å². The number of methoxy groups -OCH3 is 1. The van der Waals surface area contributed by atoms with E-state index in [0.717, 1.165) is 35.0 Å². The maximum absolute atomic E-state index is 11.8. The van der Waals surface area contributed by atoms with Gasteiger partial charge in [-0.25, -0.2) is 4.79 Å². The van der Waals surface area contributed by atoms with E-state index in [4.69, 9.17) is 0 Å². The molecule has 116 valence electrons. The van der Waals surface area contributed by atoms with E-state index in [1.165, 1.54) is 7.11 Å². The second-order valence-electron chi connectivity index (χ2n) is 4.73. The van der Waals surface area contributed by atoms with Gasteiger partial charge in [-0.05, 0) is 37.5 Å². The highest BCUT2D eigenvalue weighted by atomic mass is 79.9. The number of rotatable bonds is 7. The molecular formula is C15H21BrN2O3. The highest BCUT2D eigenvalue weighted by Crippen LogP contribution is 2.20. The van der Waals surface area contributed by atoms with Crippen LogP contribution in [0.2, 0.25) is 0 Å². The van der Waals surface area contributed by atoms with Crippen molar-refractivity contribution < 1.29 is 14.3 Å². The average Bonchev–Trinajstić information content (AvgIpc) is 2.46. The number of urea groups is 1. The van der Waals surface area contributed by atoms with Gasteiger partial charge in [-0.2, -0.15) is 0 Å². The zero-order chi connectivity index (χ0) is 15.7. The van der Waals surface area contributed by atoms with Crippen LogP contribution in [0.3, 0.4) is 0 Å². The molecule has 0 spiro atoms. The summed E-state index contributed by atoms with van der Waals surface area (Å²) < 4.78 is 5.48. The first-order valence-corrected chi connectivity index (χ1v) is 7.70. The molecule has 0 aliphatic rings. The summed E-state index contributed by atoms with van der Waals surface area (Å²) in [5.41, 5.74) is 1.79. The first-order chi connectivity index (χ1) is 10.0. The van der Waals surface area contributed by atoms with E-state index in [1.807, 2.05) is 25.1 Å². The van der Waals surface area contributed by atoms with Gasteiger partial charge in [0.1, 0.15) is 0 Å². The lowest BCUT2D eigenvalue weighted by atomic mass is 10.2. The number of hydrogen-bond donors (Lipinski definition) is 2. The summed E-state index contributed by atoms with van der Waals surface area (Å²) in [6, 6.07) is 5.52. The van der Waals surface area contributed by atoms with Crippen LogP contribution >= 0.6 is 15.9 Å². The summed E-state index contributed by atoms with van der Waals surface area (Å²) in [4.78, 5) is 22.7. The van der Waals surface area contributed by atoms with Crippen molar-refractivity contribution in [2.45, 2.75) is 32.6 Å². The van der Waals surface area contributed by atoms with Crippen molar-refractivity contribution in [2.75, 3.05) is 19.0 Å². The van der Waals surface area contributed by atoms with Crippen molar-refractivity contribution in [3.63, 3.8) is 0 Å². The third-order valence-corrected chi connectivity index (χ3v) is 3.51. The van der Waals surface area contributed by atoms with Gasteiger partial charge >= 0.3 is 12.0 Å². The molecule has 0 aliphatic carbocycles. The maximum Gasteiger partial charge on any atom is 0.319 e. The van der Waals surface area contributed by atoms with Gasteiger partial charge in [0.15, 0.2) is 0 Å². The molecular weight excluding hydrogens is 336 g/mol. The maximum atomic E-state index is 11.8. The third-order valence-electron chi connectivity index (χ3n) is 3.02. The number of hydrogen-bond acceptors (Lipinski definition) is 3. The highest BCUT2D eigenvalue weighted by molar-refractivity contribution is 9.10. The summed E-state index contributed by atoms with van der Waals surface area (Å²) in [6.07, 6.45) is 2.92. The van der Waals surface area contributed by atoms with Gasteiger partial charge in [-0.15, -0.1) is 0 Å². The molecule has 2 amide bonds. The summed E-state index contributed by atoms with van der Waals surface area (Å²) in [5.74, 6) is -0.189. The molecule has 6 heteroatoms. The Morgan fingerprint density at radius 3 is 2.71 bits per heavy atom. The summed E-state index contributed by atoms with van der Waals surface area (Å²) in [7, 11) is 1.39. The number of carbonyl (C=O) groups excluding carboxylic acids is 2. The quantitative estimate of drug-likeness (QED) is 0.579.